The molecule has 1 aromatic heterocycles. The molecule has 2 rings (SSSR count). The summed E-state index contributed by atoms with van der Waals surface area (Å²) in [5, 5.41) is 3.35. The minimum Gasteiger partial charge on any atom is -0.379 e. The van der Waals surface area contributed by atoms with Crippen molar-refractivity contribution in [2.75, 3.05) is 5.32 Å². The van der Waals surface area contributed by atoms with Crippen molar-refractivity contribution in [2.24, 2.45) is 0 Å². The summed E-state index contributed by atoms with van der Waals surface area (Å²) in [7, 11) is 0. The molecule has 0 amide bonds. The van der Waals surface area contributed by atoms with E-state index in [2.05, 4.69) is 51.4 Å². The summed E-state index contributed by atoms with van der Waals surface area (Å²) in [6, 6.07) is 12.2. The number of nitrogens with zero attached hydrogens (tertiary/aromatic N) is 1. The van der Waals surface area contributed by atoms with Crippen molar-refractivity contribution >= 4 is 21.6 Å². The SMILES string of the molecule is Cc1cc(Br)cc(NCc2ccccn2)c1. The number of aromatic nitrogens is 1. The Kier molecular flexibility index (Phi) is 3.57. The number of rotatable bonds is 3. The van der Waals surface area contributed by atoms with Crippen molar-refractivity contribution in [1.29, 1.82) is 0 Å². The molecule has 0 aliphatic carbocycles. The molecule has 16 heavy (non-hydrogen) atoms. The fourth-order valence-corrected chi connectivity index (χ4v) is 2.14. The lowest BCUT2D eigenvalue weighted by Crippen LogP contribution is -2.01. The zero-order chi connectivity index (χ0) is 11.4. The molecule has 1 N–H and O–H groups in total. The monoisotopic (exact) mass is 276 g/mol. The Bertz CT molecular complexity index is 448. The van der Waals surface area contributed by atoms with Gasteiger partial charge in [-0.1, -0.05) is 22.0 Å². The maximum Gasteiger partial charge on any atom is 0.0594 e. The van der Waals surface area contributed by atoms with Gasteiger partial charge in [-0.15, -0.1) is 0 Å². The van der Waals surface area contributed by atoms with Crippen LogP contribution in [0.15, 0.2) is 47.1 Å². The van der Waals surface area contributed by atoms with Crippen molar-refractivity contribution in [3.05, 3.63) is 58.3 Å². The summed E-state index contributed by atoms with van der Waals surface area (Å²) in [5.41, 5.74) is 3.38. The summed E-state index contributed by atoms with van der Waals surface area (Å²) >= 11 is 3.48. The molecule has 0 atom stereocenters. The lowest BCUT2D eigenvalue weighted by atomic mass is 10.2. The van der Waals surface area contributed by atoms with Gasteiger partial charge < -0.3 is 5.32 Å². The highest BCUT2D eigenvalue weighted by molar-refractivity contribution is 9.10. The van der Waals surface area contributed by atoms with Gasteiger partial charge in [-0.25, -0.2) is 0 Å². The molecular formula is C13H13BrN2. The number of nitrogens with one attached hydrogen (secondary N) is 1. The highest BCUT2D eigenvalue weighted by atomic mass is 79.9. The van der Waals surface area contributed by atoms with Gasteiger partial charge in [-0.05, 0) is 42.8 Å². The van der Waals surface area contributed by atoms with E-state index >= 15 is 0 Å². The van der Waals surface area contributed by atoms with Gasteiger partial charge in [0.1, 0.15) is 0 Å². The first-order valence-electron chi connectivity index (χ1n) is 5.15. The molecule has 0 radical (unpaired) electrons. The lowest BCUT2D eigenvalue weighted by molar-refractivity contribution is 1.04. The Morgan fingerprint density at radius 2 is 2.12 bits per heavy atom. The van der Waals surface area contributed by atoms with Crippen LogP contribution < -0.4 is 5.32 Å². The average molecular weight is 277 g/mol. The molecule has 0 spiro atoms. The fourth-order valence-electron chi connectivity index (χ4n) is 1.53. The molecular weight excluding hydrogens is 264 g/mol. The molecule has 82 valence electrons. The van der Waals surface area contributed by atoms with E-state index in [0.29, 0.717) is 0 Å². The van der Waals surface area contributed by atoms with Crippen LogP contribution in [0.2, 0.25) is 0 Å². The number of aryl methyl sites for hydroxylation is 1. The number of halogens is 1. The van der Waals surface area contributed by atoms with Crippen LogP contribution in [0.4, 0.5) is 5.69 Å². The van der Waals surface area contributed by atoms with E-state index in [1.54, 1.807) is 0 Å². The maximum atomic E-state index is 4.26. The van der Waals surface area contributed by atoms with Crippen LogP contribution in [0, 0.1) is 6.92 Å². The topological polar surface area (TPSA) is 24.9 Å². The van der Waals surface area contributed by atoms with E-state index in [9.17, 15) is 0 Å². The van der Waals surface area contributed by atoms with Crippen LogP contribution in [0.5, 0.6) is 0 Å². The summed E-state index contributed by atoms with van der Waals surface area (Å²) in [6.07, 6.45) is 1.81. The van der Waals surface area contributed by atoms with Crippen LogP contribution in [0.3, 0.4) is 0 Å². The zero-order valence-corrected chi connectivity index (χ0v) is 10.7. The minimum atomic E-state index is 0.747. The Morgan fingerprint density at radius 1 is 1.25 bits per heavy atom. The van der Waals surface area contributed by atoms with Crippen LogP contribution in [-0.4, -0.2) is 4.98 Å². The quantitative estimate of drug-likeness (QED) is 0.923. The Labute approximate surface area is 104 Å². The van der Waals surface area contributed by atoms with Crippen molar-refractivity contribution in [3.8, 4) is 0 Å². The van der Waals surface area contributed by atoms with Gasteiger partial charge >= 0.3 is 0 Å². The second-order valence-corrected chi connectivity index (χ2v) is 4.61. The predicted molar refractivity (Wildman–Crippen MR) is 70.4 cm³/mol. The molecule has 3 heteroatoms. The fraction of sp³-hybridized carbons (Fsp3) is 0.154. The first-order valence-corrected chi connectivity index (χ1v) is 5.94. The highest BCUT2D eigenvalue weighted by Gasteiger charge is 1.97. The van der Waals surface area contributed by atoms with E-state index < -0.39 is 0 Å². The number of pyridine rings is 1. The van der Waals surface area contributed by atoms with Gasteiger partial charge in [0.25, 0.3) is 0 Å². The number of anilines is 1. The van der Waals surface area contributed by atoms with E-state index in [0.717, 1.165) is 22.4 Å². The number of benzene rings is 1. The van der Waals surface area contributed by atoms with Gasteiger partial charge in [0, 0.05) is 16.4 Å². The summed E-state index contributed by atoms with van der Waals surface area (Å²) in [5.74, 6) is 0. The second kappa shape index (κ2) is 5.12. The minimum absolute atomic E-state index is 0.747. The summed E-state index contributed by atoms with van der Waals surface area (Å²) < 4.78 is 1.09. The molecule has 0 aliphatic rings. The molecule has 0 unspecified atom stereocenters. The molecule has 0 saturated carbocycles. The van der Waals surface area contributed by atoms with Crippen molar-refractivity contribution in [2.45, 2.75) is 13.5 Å². The van der Waals surface area contributed by atoms with E-state index in [1.807, 2.05) is 24.4 Å². The smallest absolute Gasteiger partial charge is 0.0594 e. The third-order valence-corrected chi connectivity index (χ3v) is 2.70. The van der Waals surface area contributed by atoms with Crippen molar-refractivity contribution in [3.63, 3.8) is 0 Å². The number of hydrogen-bond acceptors (Lipinski definition) is 2. The molecule has 0 aliphatic heterocycles. The average Bonchev–Trinajstić information content (AvgIpc) is 2.27. The summed E-state index contributed by atoms with van der Waals surface area (Å²) in [6.45, 7) is 2.83. The van der Waals surface area contributed by atoms with Crippen molar-refractivity contribution in [1.82, 2.24) is 4.98 Å². The van der Waals surface area contributed by atoms with Crippen LogP contribution in [0.1, 0.15) is 11.3 Å². The standard InChI is InChI=1S/C13H13BrN2/c1-10-6-11(14)8-13(7-10)16-9-12-4-2-3-5-15-12/h2-8,16H,9H2,1H3. The molecule has 2 nitrogen and oxygen atoms in total. The zero-order valence-electron chi connectivity index (χ0n) is 9.07. The normalized spacial score (nSPS) is 10.1. The lowest BCUT2D eigenvalue weighted by Gasteiger charge is -2.07. The van der Waals surface area contributed by atoms with Gasteiger partial charge in [-0.3, -0.25) is 4.98 Å². The molecule has 1 aromatic carbocycles. The Morgan fingerprint density at radius 3 is 2.81 bits per heavy atom. The maximum absolute atomic E-state index is 4.26. The molecule has 0 fully saturated rings. The second-order valence-electron chi connectivity index (χ2n) is 3.69. The Balaban J connectivity index is 2.05. The van der Waals surface area contributed by atoms with Crippen LogP contribution in [-0.2, 0) is 6.54 Å². The predicted octanol–water partition coefficient (Wildman–Crippen LogP) is 3.76. The first-order chi connectivity index (χ1) is 7.74. The highest BCUT2D eigenvalue weighted by Crippen LogP contribution is 2.19. The van der Waals surface area contributed by atoms with Crippen LogP contribution in [0.25, 0.3) is 0 Å². The summed E-state index contributed by atoms with van der Waals surface area (Å²) in [4.78, 5) is 4.26. The third-order valence-electron chi connectivity index (χ3n) is 2.24. The molecule has 2 aromatic rings. The number of hydrogen-bond donors (Lipinski definition) is 1. The molecule has 0 bridgehead atoms. The molecule has 0 saturated heterocycles. The molecule has 1 heterocycles. The van der Waals surface area contributed by atoms with E-state index in [-0.39, 0.29) is 0 Å². The first kappa shape index (κ1) is 11.1. The third kappa shape index (κ3) is 3.07. The van der Waals surface area contributed by atoms with Gasteiger partial charge in [0.2, 0.25) is 0 Å². The van der Waals surface area contributed by atoms with Gasteiger partial charge in [0.15, 0.2) is 0 Å². The Hall–Kier alpha value is -1.35. The van der Waals surface area contributed by atoms with E-state index in [1.165, 1.54) is 5.56 Å². The van der Waals surface area contributed by atoms with Crippen LogP contribution >= 0.6 is 15.9 Å². The van der Waals surface area contributed by atoms with Crippen molar-refractivity contribution < 1.29 is 0 Å². The largest absolute Gasteiger partial charge is 0.379 e. The van der Waals surface area contributed by atoms with E-state index in [4.69, 9.17) is 0 Å². The van der Waals surface area contributed by atoms with Gasteiger partial charge in [0.05, 0.1) is 12.2 Å². The van der Waals surface area contributed by atoms with Gasteiger partial charge in [-0.2, -0.15) is 0 Å².